The van der Waals surface area contributed by atoms with Gasteiger partial charge in [-0.05, 0) is 29.7 Å². The molecule has 0 aliphatic heterocycles. The summed E-state index contributed by atoms with van der Waals surface area (Å²) < 4.78 is 0. The van der Waals surface area contributed by atoms with Crippen molar-refractivity contribution in [2.24, 2.45) is 0 Å². The molecule has 21 heavy (non-hydrogen) atoms. The van der Waals surface area contributed by atoms with Crippen molar-refractivity contribution >= 4 is 34.8 Å². The minimum absolute atomic E-state index is 0.238. The Morgan fingerprint density at radius 3 is 2.14 bits per heavy atom. The van der Waals surface area contributed by atoms with Crippen LogP contribution in [0.25, 0.3) is 0 Å². The Balaban J connectivity index is 2.04. The van der Waals surface area contributed by atoms with Gasteiger partial charge in [0.1, 0.15) is 0 Å². The van der Waals surface area contributed by atoms with Gasteiger partial charge in [0.2, 0.25) is 0 Å². The lowest BCUT2D eigenvalue weighted by molar-refractivity contribution is 0.0951. The van der Waals surface area contributed by atoms with E-state index in [2.05, 4.69) is 24.4 Å². The van der Waals surface area contributed by atoms with E-state index in [0.29, 0.717) is 12.1 Å². The predicted octanol–water partition coefficient (Wildman–Crippen LogP) is 4.07. The number of hydrogen-bond donors (Lipinski definition) is 2. The first kappa shape index (κ1) is 15.7. The van der Waals surface area contributed by atoms with E-state index >= 15 is 0 Å². The van der Waals surface area contributed by atoms with Crippen molar-refractivity contribution in [1.29, 1.82) is 0 Å². The SMILES string of the molecule is CCc1ccc(CNC(=O)c2cc(Cl)c(N)c(Cl)c2)cc1. The van der Waals surface area contributed by atoms with Crippen LogP contribution in [-0.2, 0) is 13.0 Å². The van der Waals surface area contributed by atoms with Crippen molar-refractivity contribution < 1.29 is 4.79 Å². The van der Waals surface area contributed by atoms with Gasteiger partial charge in [-0.3, -0.25) is 4.79 Å². The highest BCUT2D eigenvalue weighted by molar-refractivity contribution is 6.39. The van der Waals surface area contributed by atoms with Crippen LogP contribution in [0.3, 0.4) is 0 Å². The highest BCUT2D eigenvalue weighted by Gasteiger charge is 2.11. The van der Waals surface area contributed by atoms with Crippen LogP contribution in [0.15, 0.2) is 36.4 Å². The van der Waals surface area contributed by atoms with Crippen LogP contribution < -0.4 is 11.1 Å². The minimum Gasteiger partial charge on any atom is -0.396 e. The summed E-state index contributed by atoms with van der Waals surface area (Å²) in [4.78, 5) is 12.1. The van der Waals surface area contributed by atoms with Gasteiger partial charge >= 0.3 is 0 Å². The van der Waals surface area contributed by atoms with Crippen LogP contribution in [0.1, 0.15) is 28.4 Å². The number of aryl methyl sites for hydroxylation is 1. The first-order chi connectivity index (χ1) is 10.0. The lowest BCUT2D eigenvalue weighted by atomic mass is 10.1. The number of nitrogens with two attached hydrogens (primary N) is 1. The summed E-state index contributed by atoms with van der Waals surface area (Å²) in [5.74, 6) is -0.238. The largest absolute Gasteiger partial charge is 0.396 e. The molecule has 0 bridgehead atoms. The molecular weight excluding hydrogens is 307 g/mol. The summed E-state index contributed by atoms with van der Waals surface area (Å²) in [5.41, 5.74) is 8.62. The minimum atomic E-state index is -0.238. The number of halogens is 2. The van der Waals surface area contributed by atoms with Crippen molar-refractivity contribution in [2.45, 2.75) is 19.9 Å². The fraction of sp³-hybridized carbons (Fsp3) is 0.188. The lowest BCUT2D eigenvalue weighted by Crippen LogP contribution is -2.22. The predicted molar refractivity (Wildman–Crippen MR) is 87.9 cm³/mol. The van der Waals surface area contributed by atoms with E-state index in [1.807, 2.05) is 12.1 Å². The topological polar surface area (TPSA) is 55.1 Å². The molecule has 0 aliphatic rings. The van der Waals surface area contributed by atoms with Gasteiger partial charge in [-0.1, -0.05) is 54.4 Å². The van der Waals surface area contributed by atoms with E-state index in [4.69, 9.17) is 28.9 Å². The maximum Gasteiger partial charge on any atom is 0.251 e. The van der Waals surface area contributed by atoms with Crippen molar-refractivity contribution in [1.82, 2.24) is 5.32 Å². The molecule has 0 heterocycles. The van der Waals surface area contributed by atoms with E-state index in [1.54, 1.807) is 0 Å². The van der Waals surface area contributed by atoms with E-state index < -0.39 is 0 Å². The Labute approximate surface area is 134 Å². The standard InChI is InChI=1S/C16H16Cl2N2O/c1-2-10-3-5-11(6-4-10)9-20-16(21)12-7-13(17)15(19)14(18)8-12/h3-8H,2,9,19H2,1H3,(H,20,21). The number of anilines is 1. The number of nitrogens with one attached hydrogen (secondary N) is 1. The fourth-order valence-electron chi connectivity index (χ4n) is 1.89. The highest BCUT2D eigenvalue weighted by atomic mass is 35.5. The Morgan fingerprint density at radius 2 is 1.62 bits per heavy atom. The summed E-state index contributed by atoms with van der Waals surface area (Å²) in [6.45, 7) is 2.55. The Kier molecular flexibility index (Phi) is 5.10. The van der Waals surface area contributed by atoms with Gasteiger partial charge < -0.3 is 11.1 Å². The van der Waals surface area contributed by atoms with Crippen LogP contribution in [0.4, 0.5) is 5.69 Å². The van der Waals surface area contributed by atoms with Gasteiger partial charge in [0.05, 0.1) is 15.7 Å². The summed E-state index contributed by atoms with van der Waals surface area (Å²) in [5, 5.41) is 3.39. The molecule has 5 heteroatoms. The first-order valence-electron chi connectivity index (χ1n) is 6.61. The normalized spacial score (nSPS) is 10.4. The summed E-state index contributed by atoms with van der Waals surface area (Å²) in [6.07, 6.45) is 0.995. The molecule has 0 saturated heterocycles. The van der Waals surface area contributed by atoms with Crippen LogP contribution in [0, 0.1) is 0 Å². The van der Waals surface area contributed by atoms with E-state index in [-0.39, 0.29) is 21.6 Å². The van der Waals surface area contributed by atoms with Crippen molar-refractivity contribution in [2.75, 3.05) is 5.73 Å². The number of carbonyl (C=O) groups excluding carboxylic acids is 1. The molecule has 0 atom stereocenters. The number of carbonyl (C=O) groups is 1. The first-order valence-corrected chi connectivity index (χ1v) is 7.37. The second kappa shape index (κ2) is 6.83. The van der Waals surface area contributed by atoms with Crippen molar-refractivity contribution in [3.05, 3.63) is 63.1 Å². The second-order valence-corrected chi connectivity index (χ2v) is 5.52. The average molecular weight is 323 g/mol. The molecule has 0 aromatic heterocycles. The maximum absolute atomic E-state index is 12.1. The number of rotatable bonds is 4. The van der Waals surface area contributed by atoms with Crippen LogP contribution in [0.2, 0.25) is 10.0 Å². The van der Waals surface area contributed by atoms with Crippen LogP contribution in [0.5, 0.6) is 0 Å². The molecule has 3 N–H and O–H groups in total. The molecule has 2 aromatic rings. The third kappa shape index (κ3) is 3.90. The van der Waals surface area contributed by atoms with Gasteiger partial charge in [-0.25, -0.2) is 0 Å². The fourth-order valence-corrected chi connectivity index (χ4v) is 2.38. The average Bonchev–Trinajstić information content (AvgIpc) is 2.50. The van der Waals surface area contributed by atoms with Gasteiger partial charge in [0.25, 0.3) is 5.91 Å². The zero-order chi connectivity index (χ0) is 15.4. The highest BCUT2D eigenvalue weighted by Crippen LogP contribution is 2.28. The van der Waals surface area contributed by atoms with Crippen molar-refractivity contribution in [3.63, 3.8) is 0 Å². The number of hydrogen-bond acceptors (Lipinski definition) is 2. The van der Waals surface area contributed by atoms with E-state index in [9.17, 15) is 4.79 Å². The Hall–Kier alpha value is -1.71. The molecule has 0 saturated carbocycles. The summed E-state index contributed by atoms with van der Waals surface area (Å²) in [6, 6.07) is 11.1. The van der Waals surface area contributed by atoms with Gasteiger partial charge in [0, 0.05) is 12.1 Å². The Bertz CT molecular complexity index is 631. The monoisotopic (exact) mass is 322 g/mol. The number of nitrogen functional groups attached to an aromatic ring is 1. The molecule has 110 valence electrons. The number of amides is 1. The van der Waals surface area contributed by atoms with Crippen LogP contribution in [-0.4, -0.2) is 5.91 Å². The molecular formula is C16H16Cl2N2O. The molecule has 0 fully saturated rings. The lowest BCUT2D eigenvalue weighted by Gasteiger charge is -2.08. The molecule has 0 aliphatic carbocycles. The van der Waals surface area contributed by atoms with E-state index in [1.165, 1.54) is 17.7 Å². The quantitative estimate of drug-likeness (QED) is 0.834. The third-order valence-corrected chi connectivity index (χ3v) is 3.85. The molecule has 0 radical (unpaired) electrons. The zero-order valence-corrected chi connectivity index (χ0v) is 13.1. The van der Waals surface area contributed by atoms with Gasteiger partial charge in [0.15, 0.2) is 0 Å². The summed E-state index contributed by atoms with van der Waals surface area (Å²) >= 11 is 11.8. The maximum atomic E-state index is 12.1. The zero-order valence-electron chi connectivity index (χ0n) is 11.6. The van der Waals surface area contributed by atoms with Crippen LogP contribution >= 0.6 is 23.2 Å². The molecule has 3 nitrogen and oxygen atoms in total. The van der Waals surface area contributed by atoms with E-state index in [0.717, 1.165) is 12.0 Å². The number of benzene rings is 2. The second-order valence-electron chi connectivity index (χ2n) is 4.71. The molecule has 2 aromatic carbocycles. The Morgan fingerprint density at radius 1 is 1.10 bits per heavy atom. The molecule has 0 spiro atoms. The van der Waals surface area contributed by atoms with Gasteiger partial charge in [-0.15, -0.1) is 0 Å². The summed E-state index contributed by atoms with van der Waals surface area (Å²) in [7, 11) is 0. The van der Waals surface area contributed by atoms with Gasteiger partial charge in [-0.2, -0.15) is 0 Å². The smallest absolute Gasteiger partial charge is 0.251 e. The third-order valence-electron chi connectivity index (χ3n) is 3.23. The van der Waals surface area contributed by atoms with Crippen molar-refractivity contribution in [3.8, 4) is 0 Å². The molecule has 0 unspecified atom stereocenters. The molecule has 1 amide bonds. The molecule has 2 rings (SSSR count).